The lowest BCUT2D eigenvalue weighted by Gasteiger charge is -2.42. The van der Waals surface area contributed by atoms with E-state index in [9.17, 15) is 0 Å². The fourth-order valence-corrected chi connectivity index (χ4v) is 7.60. The molecule has 4 aromatic rings. The zero-order chi connectivity index (χ0) is 20.4. The smallest absolute Gasteiger partial charge is 0.00231 e. The molecule has 0 nitrogen and oxygen atoms in total. The van der Waals surface area contributed by atoms with Crippen LogP contribution >= 0.6 is 10.0 Å². The summed E-state index contributed by atoms with van der Waals surface area (Å²) in [5.41, 5.74) is 5.16. The maximum atomic E-state index is 2.32. The van der Waals surface area contributed by atoms with E-state index in [1.807, 2.05) is 0 Å². The highest BCUT2D eigenvalue weighted by molar-refractivity contribution is 8.34. The van der Waals surface area contributed by atoms with E-state index < -0.39 is 10.0 Å². The molecule has 0 aliphatic rings. The average molecular weight is 397 g/mol. The highest BCUT2D eigenvalue weighted by Crippen LogP contribution is 2.73. The Morgan fingerprint density at radius 1 is 0.310 bits per heavy atom. The number of hydrogen-bond acceptors (Lipinski definition) is 0. The van der Waals surface area contributed by atoms with Crippen LogP contribution in [0.1, 0.15) is 22.3 Å². The second kappa shape index (κ2) is 7.93. The van der Waals surface area contributed by atoms with Crippen molar-refractivity contribution in [2.45, 2.75) is 47.3 Å². The molecule has 4 aromatic carbocycles. The van der Waals surface area contributed by atoms with E-state index in [4.69, 9.17) is 0 Å². The Hall–Kier alpha value is -2.77. The van der Waals surface area contributed by atoms with Crippen LogP contribution in [0, 0.1) is 27.7 Å². The molecule has 29 heavy (non-hydrogen) atoms. The number of benzene rings is 4. The molecule has 1 heteroatoms. The lowest BCUT2D eigenvalue weighted by Crippen LogP contribution is -2.05. The van der Waals surface area contributed by atoms with Crippen molar-refractivity contribution in [1.29, 1.82) is 0 Å². The van der Waals surface area contributed by atoms with Crippen molar-refractivity contribution >= 4 is 10.0 Å². The molecule has 0 saturated carbocycles. The van der Waals surface area contributed by atoms with Crippen LogP contribution in [0.25, 0.3) is 0 Å². The molecule has 0 amide bonds. The molecule has 0 N–H and O–H groups in total. The van der Waals surface area contributed by atoms with Gasteiger partial charge in [0.25, 0.3) is 0 Å². The Morgan fingerprint density at radius 3 is 0.655 bits per heavy atom. The Balaban J connectivity index is 2.11. The average Bonchev–Trinajstić information content (AvgIpc) is 2.73. The van der Waals surface area contributed by atoms with Crippen LogP contribution < -0.4 is 0 Å². The van der Waals surface area contributed by atoms with Crippen molar-refractivity contribution < 1.29 is 0 Å². The van der Waals surface area contributed by atoms with Gasteiger partial charge >= 0.3 is 0 Å². The van der Waals surface area contributed by atoms with Crippen LogP contribution in [0.15, 0.2) is 117 Å². The summed E-state index contributed by atoms with van der Waals surface area (Å²) in [7, 11) is -1.58. The molecule has 0 radical (unpaired) electrons. The predicted molar refractivity (Wildman–Crippen MR) is 125 cm³/mol. The van der Waals surface area contributed by atoms with Crippen LogP contribution in [0.2, 0.25) is 0 Å². The van der Waals surface area contributed by atoms with Crippen molar-refractivity contribution in [3.63, 3.8) is 0 Å². The summed E-state index contributed by atoms with van der Waals surface area (Å²) < 4.78 is 0. The van der Waals surface area contributed by atoms with Gasteiger partial charge in [-0.1, -0.05) is 70.8 Å². The third-order valence-corrected chi connectivity index (χ3v) is 9.42. The van der Waals surface area contributed by atoms with Gasteiger partial charge in [0, 0.05) is 19.6 Å². The lowest BCUT2D eigenvalue weighted by atomic mass is 10.2. The van der Waals surface area contributed by atoms with Crippen molar-refractivity contribution in [2.24, 2.45) is 0 Å². The summed E-state index contributed by atoms with van der Waals surface area (Å²) in [6, 6.07) is 36.5. The molecule has 0 aromatic heterocycles. The molecule has 0 fully saturated rings. The summed E-state index contributed by atoms with van der Waals surface area (Å²) in [5, 5.41) is 0. The van der Waals surface area contributed by atoms with Gasteiger partial charge < -0.3 is 0 Å². The molecule has 0 aliphatic carbocycles. The van der Waals surface area contributed by atoms with Crippen LogP contribution in [-0.4, -0.2) is 0 Å². The highest BCUT2D eigenvalue weighted by Gasteiger charge is 2.33. The molecular formula is C28H28S. The summed E-state index contributed by atoms with van der Waals surface area (Å²) >= 11 is 0. The van der Waals surface area contributed by atoms with Gasteiger partial charge in [0.2, 0.25) is 0 Å². The maximum absolute atomic E-state index is 2.32. The van der Waals surface area contributed by atoms with Crippen LogP contribution in [-0.2, 0) is 0 Å². The summed E-state index contributed by atoms with van der Waals surface area (Å²) in [6.45, 7) is 8.63. The first-order valence-corrected chi connectivity index (χ1v) is 11.7. The molecular weight excluding hydrogens is 368 g/mol. The third-order valence-electron chi connectivity index (χ3n) is 5.50. The van der Waals surface area contributed by atoms with E-state index in [1.54, 1.807) is 0 Å². The van der Waals surface area contributed by atoms with E-state index in [-0.39, 0.29) is 0 Å². The Bertz CT molecular complexity index is 900. The van der Waals surface area contributed by atoms with Crippen molar-refractivity contribution in [3.8, 4) is 0 Å². The van der Waals surface area contributed by atoms with Gasteiger partial charge in [0.15, 0.2) is 0 Å². The van der Waals surface area contributed by atoms with Gasteiger partial charge in [-0.3, -0.25) is 0 Å². The molecule has 0 spiro atoms. The summed E-state index contributed by atoms with van der Waals surface area (Å²) in [5.74, 6) is 0. The first kappa shape index (κ1) is 19.5. The SMILES string of the molecule is Cc1ccc(S(c2ccc(C)cc2)(c2ccc(C)cc2)c2ccc(C)cc2)cc1. The quantitative estimate of drug-likeness (QED) is 0.326. The molecule has 0 bridgehead atoms. The molecule has 0 unspecified atom stereocenters. The van der Waals surface area contributed by atoms with Gasteiger partial charge in [0.05, 0.1) is 0 Å². The van der Waals surface area contributed by atoms with Gasteiger partial charge in [-0.15, -0.1) is 10.0 Å². The zero-order valence-electron chi connectivity index (χ0n) is 17.6. The largest absolute Gasteiger partial charge is 0.133 e. The maximum Gasteiger partial charge on any atom is 0.00231 e. The van der Waals surface area contributed by atoms with Crippen molar-refractivity contribution in [1.82, 2.24) is 0 Å². The van der Waals surface area contributed by atoms with Gasteiger partial charge in [0.1, 0.15) is 0 Å². The van der Waals surface area contributed by atoms with Gasteiger partial charge in [-0.25, -0.2) is 0 Å². The normalized spacial score (nSPS) is 12.0. The van der Waals surface area contributed by atoms with Crippen molar-refractivity contribution in [2.75, 3.05) is 0 Å². The van der Waals surface area contributed by atoms with Crippen LogP contribution in [0.4, 0.5) is 0 Å². The van der Waals surface area contributed by atoms with E-state index in [1.165, 1.54) is 41.8 Å². The molecule has 0 heterocycles. The molecule has 4 rings (SSSR count). The third kappa shape index (κ3) is 3.63. The molecule has 0 atom stereocenters. The molecule has 0 aliphatic heterocycles. The summed E-state index contributed by atoms with van der Waals surface area (Å²) in [4.78, 5) is 5.50. The van der Waals surface area contributed by atoms with Gasteiger partial charge in [-0.2, -0.15) is 0 Å². The monoisotopic (exact) mass is 396 g/mol. The second-order valence-corrected chi connectivity index (χ2v) is 11.0. The fourth-order valence-electron chi connectivity index (χ4n) is 3.79. The van der Waals surface area contributed by atoms with E-state index in [0.29, 0.717) is 0 Å². The zero-order valence-corrected chi connectivity index (χ0v) is 18.5. The lowest BCUT2D eigenvalue weighted by molar-refractivity contribution is 1.21. The summed E-state index contributed by atoms with van der Waals surface area (Å²) in [6.07, 6.45) is 0. The Labute approximate surface area is 176 Å². The minimum Gasteiger partial charge on any atom is -0.133 e. The number of rotatable bonds is 4. The highest BCUT2D eigenvalue weighted by atomic mass is 32.3. The topological polar surface area (TPSA) is 0 Å². The first-order chi connectivity index (χ1) is 14.0. The van der Waals surface area contributed by atoms with Crippen LogP contribution in [0.5, 0.6) is 0 Å². The predicted octanol–water partition coefficient (Wildman–Crippen LogP) is 8.26. The number of aryl methyl sites for hydroxylation is 4. The Morgan fingerprint density at radius 2 is 0.483 bits per heavy atom. The van der Waals surface area contributed by atoms with E-state index in [2.05, 4.69) is 125 Å². The molecule has 0 saturated heterocycles. The Kier molecular flexibility index (Phi) is 5.34. The van der Waals surface area contributed by atoms with E-state index >= 15 is 0 Å². The minimum absolute atomic E-state index is 1.29. The van der Waals surface area contributed by atoms with Crippen LogP contribution in [0.3, 0.4) is 0 Å². The minimum atomic E-state index is -1.58. The van der Waals surface area contributed by atoms with E-state index in [0.717, 1.165) is 0 Å². The van der Waals surface area contributed by atoms with Crippen molar-refractivity contribution in [3.05, 3.63) is 119 Å². The number of hydrogen-bond donors (Lipinski definition) is 0. The second-order valence-electron chi connectivity index (χ2n) is 7.86. The standard InChI is InChI=1S/C28H28S/c1-21-5-13-25(14-6-21)29(26-15-7-22(2)8-16-26,27-17-9-23(3)10-18-27)28-19-11-24(4)12-20-28/h5-20H,1-4H3. The fraction of sp³-hybridized carbons (Fsp3) is 0.143. The first-order valence-electron chi connectivity index (χ1n) is 10.1. The van der Waals surface area contributed by atoms with Gasteiger partial charge in [-0.05, 0) is 76.2 Å². The molecule has 146 valence electrons.